The lowest BCUT2D eigenvalue weighted by Crippen LogP contribution is -2.40. The van der Waals surface area contributed by atoms with Gasteiger partial charge in [-0.3, -0.25) is 0 Å². The fraction of sp³-hybridized carbons (Fsp3) is 0.471. The Hall–Kier alpha value is -1.44. The average molecular weight is 366 g/mol. The Kier molecular flexibility index (Phi) is 4.94. The van der Waals surface area contributed by atoms with Crippen molar-refractivity contribution < 1.29 is 8.42 Å². The molecule has 0 bridgehead atoms. The molecule has 1 fully saturated rings. The van der Waals surface area contributed by atoms with E-state index in [1.807, 2.05) is 38.3 Å². The zero-order chi connectivity index (χ0) is 17.3. The summed E-state index contributed by atoms with van der Waals surface area (Å²) in [4.78, 5) is 6.98. The Morgan fingerprint density at radius 1 is 1.29 bits per heavy atom. The van der Waals surface area contributed by atoms with Crippen LogP contribution in [0.15, 0.2) is 28.6 Å². The molecular weight excluding hydrogens is 342 g/mol. The molecule has 7 heteroatoms. The number of rotatable bonds is 5. The van der Waals surface area contributed by atoms with E-state index in [0.717, 1.165) is 41.2 Å². The minimum absolute atomic E-state index is 0.164. The highest BCUT2D eigenvalue weighted by Gasteiger charge is 2.28. The van der Waals surface area contributed by atoms with Crippen LogP contribution in [0, 0.1) is 20.8 Å². The number of aromatic nitrogens is 1. The Labute approximate surface area is 147 Å². The van der Waals surface area contributed by atoms with Crippen LogP contribution >= 0.6 is 11.3 Å². The SMILES string of the molecule is Cc1cc(C)c(S(=O)(=O)NCC2CCCN2c2nccs2)c(C)c1. The van der Waals surface area contributed by atoms with Gasteiger partial charge in [0.25, 0.3) is 0 Å². The summed E-state index contributed by atoms with van der Waals surface area (Å²) in [6, 6.07) is 4.00. The number of anilines is 1. The minimum atomic E-state index is -3.51. The van der Waals surface area contributed by atoms with E-state index in [2.05, 4.69) is 14.6 Å². The van der Waals surface area contributed by atoms with E-state index in [-0.39, 0.29) is 6.04 Å². The summed E-state index contributed by atoms with van der Waals surface area (Å²) in [5, 5.41) is 2.92. The highest BCUT2D eigenvalue weighted by Crippen LogP contribution is 2.27. The van der Waals surface area contributed by atoms with Gasteiger partial charge in [-0.15, -0.1) is 11.3 Å². The third kappa shape index (κ3) is 3.48. The second-order valence-corrected chi connectivity index (χ2v) is 8.96. The molecule has 0 amide bonds. The molecule has 1 N–H and O–H groups in total. The van der Waals surface area contributed by atoms with Crippen molar-refractivity contribution in [1.29, 1.82) is 0 Å². The quantitative estimate of drug-likeness (QED) is 0.885. The molecule has 24 heavy (non-hydrogen) atoms. The first kappa shape index (κ1) is 17.4. The molecule has 2 aromatic rings. The number of hydrogen-bond donors (Lipinski definition) is 1. The van der Waals surface area contributed by atoms with Crippen molar-refractivity contribution in [2.45, 2.75) is 44.6 Å². The maximum absolute atomic E-state index is 12.8. The third-order valence-electron chi connectivity index (χ3n) is 4.42. The van der Waals surface area contributed by atoms with Gasteiger partial charge in [0, 0.05) is 30.7 Å². The first-order valence-corrected chi connectivity index (χ1v) is 10.5. The Bertz CT molecular complexity index is 793. The molecule has 1 atom stereocenters. The molecule has 0 saturated carbocycles. The Morgan fingerprint density at radius 3 is 2.62 bits per heavy atom. The van der Waals surface area contributed by atoms with E-state index < -0.39 is 10.0 Å². The molecule has 0 aliphatic carbocycles. The number of aryl methyl sites for hydroxylation is 3. The van der Waals surface area contributed by atoms with Crippen LogP contribution in [0.3, 0.4) is 0 Å². The second kappa shape index (κ2) is 6.82. The molecule has 1 aliphatic heterocycles. The summed E-state index contributed by atoms with van der Waals surface area (Å²) >= 11 is 1.60. The topological polar surface area (TPSA) is 62.3 Å². The lowest BCUT2D eigenvalue weighted by molar-refractivity contribution is 0.566. The summed E-state index contributed by atoms with van der Waals surface area (Å²) in [6.45, 7) is 7.03. The van der Waals surface area contributed by atoms with Crippen LogP contribution < -0.4 is 9.62 Å². The van der Waals surface area contributed by atoms with E-state index in [1.54, 1.807) is 17.5 Å². The van der Waals surface area contributed by atoms with Gasteiger partial charge in [-0.25, -0.2) is 18.1 Å². The molecule has 1 aliphatic rings. The predicted molar refractivity (Wildman–Crippen MR) is 98.3 cm³/mol. The van der Waals surface area contributed by atoms with Gasteiger partial charge in [0.1, 0.15) is 0 Å². The monoisotopic (exact) mass is 365 g/mol. The maximum atomic E-state index is 12.8. The first-order chi connectivity index (χ1) is 11.4. The highest BCUT2D eigenvalue weighted by molar-refractivity contribution is 7.89. The largest absolute Gasteiger partial charge is 0.344 e. The van der Waals surface area contributed by atoms with Gasteiger partial charge in [0.2, 0.25) is 10.0 Å². The molecule has 130 valence electrons. The number of thiazole rings is 1. The summed E-state index contributed by atoms with van der Waals surface area (Å²) in [6.07, 6.45) is 3.83. The number of nitrogens with zero attached hydrogens (tertiary/aromatic N) is 2. The standard InChI is InChI=1S/C17H23N3O2S2/c1-12-9-13(2)16(14(3)10-12)24(21,22)19-11-15-5-4-7-20(15)17-18-6-8-23-17/h6,8-10,15,19H,4-5,7,11H2,1-3H3. The van der Waals surface area contributed by atoms with E-state index in [0.29, 0.717) is 11.4 Å². The summed E-state index contributed by atoms with van der Waals surface area (Å²) in [7, 11) is -3.51. The summed E-state index contributed by atoms with van der Waals surface area (Å²) < 4.78 is 28.4. The molecule has 0 spiro atoms. The van der Waals surface area contributed by atoms with Crippen molar-refractivity contribution in [2.75, 3.05) is 18.0 Å². The van der Waals surface area contributed by atoms with Gasteiger partial charge < -0.3 is 4.90 Å². The molecule has 1 saturated heterocycles. The molecule has 5 nitrogen and oxygen atoms in total. The first-order valence-electron chi connectivity index (χ1n) is 8.12. The molecule has 2 heterocycles. The van der Waals surface area contributed by atoms with Crippen molar-refractivity contribution in [3.05, 3.63) is 40.4 Å². The van der Waals surface area contributed by atoms with Crippen LogP contribution in [0.2, 0.25) is 0 Å². The summed E-state index contributed by atoms with van der Waals surface area (Å²) in [5.41, 5.74) is 2.67. The molecule has 1 unspecified atom stereocenters. The van der Waals surface area contributed by atoms with Crippen LogP contribution in [0.4, 0.5) is 5.13 Å². The zero-order valence-electron chi connectivity index (χ0n) is 14.2. The Balaban J connectivity index is 1.76. The van der Waals surface area contributed by atoms with Gasteiger partial charge in [0.15, 0.2) is 5.13 Å². The van der Waals surface area contributed by atoms with Crippen LogP contribution in [0.5, 0.6) is 0 Å². The lowest BCUT2D eigenvalue weighted by Gasteiger charge is -2.24. The molecule has 0 radical (unpaired) electrons. The van der Waals surface area contributed by atoms with Gasteiger partial charge in [-0.1, -0.05) is 17.7 Å². The summed E-state index contributed by atoms with van der Waals surface area (Å²) in [5.74, 6) is 0. The van der Waals surface area contributed by atoms with Gasteiger partial charge in [0.05, 0.1) is 4.90 Å². The van der Waals surface area contributed by atoms with Gasteiger partial charge >= 0.3 is 0 Å². The van der Waals surface area contributed by atoms with E-state index in [4.69, 9.17) is 0 Å². The van der Waals surface area contributed by atoms with Crippen LogP contribution in [-0.2, 0) is 10.0 Å². The van der Waals surface area contributed by atoms with Crippen LogP contribution in [0.1, 0.15) is 29.5 Å². The van der Waals surface area contributed by atoms with Crippen molar-refractivity contribution in [2.24, 2.45) is 0 Å². The zero-order valence-corrected chi connectivity index (χ0v) is 15.9. The number of benzene rings is 1. The van der Waals surface area contributed by atoms with Crippen LogP contribution in [0.25, 0.3) is 0 Å². The van der Waals surface area contributed by atoms with E-state index in [9.17, 15) is 8.42 Å². The maximum Gasteiger partial charge on any atom is 0.241 e. The molecule has 1 aromatic heterocycles. The molecule has 1 aromatic carbocycles. The number of nitrogens with one attached hydrogen (secondary N) is 1. The van der Waals surface area contributed by atoms with Crippen molar-refractivity contribution >= 4 is 26.5 Å². The third-order valence-corrected chi connectivity index (χ3v) is 6.96. The second-order valence-electron chi connectivity index (χ2n) is 6.38. The average Bonchev–Trinajstić information content (AvgIpc) is 3.14. The number of hydrogen-bond acceptors (Lipinski definition) is 5. The van der Waals surface area contributed by atoms with Crippen molar-refractivity contribution in [3.63, 3.8) is 0 Å². The molecular formula is C17H23N3O2S2. The lowest BCUT2D eigenvalue weighted by atomic mass is 10.1. The fourth-order valence-corrected chi connectivity index (χ4v) is 5.79. The molecule has 3 rings (SSSR count). The van der Waals surface area contributed by atoms with Crippen molar-refractivity contribution in [3.8, 4) is 0 Å². The normalized spacial score (nSPS) is 18.3. The van der Waals surface area contributed by atoms with Gasteiger partial charge in [-0.05, 0) is 44.7 Å². The number of sulfonamides is 1. The minimum Gasteiger partial charge on any atom is -0.344 e. The van der Waals surface area contributed by atoms with Crippen molar-refractivity contribution in [1.82, 2.24) is 9.71 Å². The van der Waals surface area contributed by atoms with Crippen LogP contribution in [-0.4, -0.2) is 32.5 Å². The van der Waals surface area contributed by atoms with Gasteiger partial charge in [-0.2, -0.15) is 0 Å². The van der Waals surface area contributed by atoms with E-state index in [1.165, 1.54) is 0 Å². The fourth-order valence-electron chi connectivity index (χ4n) is 3.53. The predicted octanol–water partition coefficient (Wildman–Crippen LogP) is 3.02. The highest BCUT2D eigenvalue weighted by atomic mass is 32.2. The smallest absolute Gasteiger partial charge is 0.241 e. The van der Waals surface area contributed by atoms with E-state index >= 15 is 0 Å². The Morgan fingerprint density at radius 2 is 2.00 bits per heavy atom.